The standard InChI is InChI=1S/C30H34FN5O5S/c1-20-15-29(24(31)17-27(20)41-26-8-6-5-7-23(26)25-11-14-34-35(25)2)42(37,38)36(30-12-13-32-19-33-30)18-21-9-10-22(39-3)16-28(21)40-4/h9-17,19,23,26H,5-8,18H2,1-4H3/t23-,26+/m1/s1. The van der Waals surface area contributed by atoms with Gasteiger partial charge in [-0.3, -0.25) is 4.68 Å². The van der Waals surface area contributed by atoms with Gasteiger partial charge in [-0.05, 0) is 56.0 Å². The topological polar surface area (TPSA) is 109 Å². The molecule has 0 saturated heterocycles. The van der Waals surface area contributed by atoms with E-state index < -0.39 is 20.7 Å². The molecule has 1 fully saturated rings. The first-order valence-electron chi connectivity index (χ1n) is 13.7. The molecule has 5 rings (SSSR count). The number of methoxy groups -OCH3 is 2. The molecule has 2 atom stereocenters. The van der Waals surface area contributed by atoms with Crippen molar-refractivity contribution in [2.24, 2.45) is 7.05 Å². The highest BCUT2D eigenvalue weighted by Crippen LogP contribution is 2.38. The number of aryl methyl sites for hydroxylation is 2. The van der Waals surface area contributed by atoms with Gasteiger partial charge in [-0.1, -0.05) is 6.42 Å². The Morgan fingerprint density at radius 1 is 1.02 bits per heavy atom. The smallest absolute Gasteiger partial charge is 0.268 e. The molecule has 10 nitrogen and oxygen atoms in total. The minimum atomic E-state index is -4.43. The van der Waals surface area contributed by atoms with Crippen LogP contribution < -0.4 is 18.5 Å². The molecule has 0 unspecified atom stereocenters. The van der Waals surface area contributed by atoms with E-state index in [1.54, 1.807) is 31.3 Å². The van der Waals surface area contributed by atoms with Crippen LogP contribution in [0.15, 0.2) is 66.1 Å². The van der Waals surface area contributed by atoms with Crippen LogP contribution in [0.4, 0.5) is 10.2 Å². The first-order valence-corrected chi connectivity index (χ1v) is 15.1. The van der Waals surface area contributed by atoms with Gasteiger partial charge in [0.05, 0.1) is 20.8 Å². The molecule has 4 aromatic rings. The van der Waals surface area contributed by atoms with Crippen LogP contribution >= 0.6 is 0 Å². The summed E-state index contributed by atoms with van der Waals surface area (Å²) in [5, 5.41) is 4.30. The van der Waals surface area contributed by atoms with Gasteiger partial charge >= 0.3 is 0 Å². The average molecular weight is 596 g/mol. The first kappa shape index (κ1) is 29.3. The van der Waals surface area contributed by atoms with Crippen molar-refractivity contribution < 1.29 is 27.0 Å². The Balaban J connectivity index is 1.49. The van der Waals surface area contributed by atoms with Gasteiger partial charge in [0.25, 0.3) is 10.0 Å². The zero-order valence-corrected chi connectivity index (χ0v) is 24.8. The molecule has 0 amide bonds. The number of sulfonamides is 1. The molecule has 0 N–H and O–H groups in total. The molecule has 0 radical (unpaired) electrons. The van der Waals surface area contributed by atoms with Gasteiger partial charge in [-0.15, -0.1) is 0 Å². The van der Waals surface area contributed by atoms with Crippen LogP contribution in [0.3, 0.4) is 0 Å². The van der Waals surface area contributed by atoms with Crippen molar-refractivity contribution in [2.45, 2.75) is 56.1 Å². The van der Waals surface area contributed by atoms with Crippen molar-refractivity contribution in [3.05, 3.63) is 83.8 Å². The third kappa shape index (κ3) is 5.89. The summed E-state index contributed by atoms with van der Waals surface area (Å²) < 4.78 is 64.0. The van der Waals surface area contributed by atoms with Crippen LogP contribution in [0.1, 0.15) is 48.4 Å². The average Bonchev–Trinajstić information content (AvgIpc) is 3.43. The SMILES string of the molecule is COc1ccc(CN(c2ccncn2)S(=O)(=O)c2cc(C)c(O[C@H]3CCCC[C@@H]3c3ccnn3C)cc2F)c(OC)c1. The van der Waals surface area contributed by atoms with Gasteiger partial charge in [-0.25, -0.2) is 27.1 Å². The van der Waals surface area contributed by atoms with Gasteiger partial charge in [0.15, 0.2) is 0 Å². The molecule has 12 heteroatoms. The van der Waals surface area contributed by atoms with Crippen LogP contribution in [0, 0.1) is 12.7 Å². The highest BCUT2D eigenvalue weighted by atomic mass is 32.2. The van der Waals surface area contributed by atoms with E-state index in [4.69, 9.17) is 14.2 Å². The molecule has 0 bridgehead atoms. The van der Waals surface area contributed by atoms with Gasteiger partial charge < -0.3 is 14.2 Å². The van der Waals surface area contributed by atoms with Crippen LogP contribution in [0.2, 0.25) is 0 Å². The zero-order valence-electron chi connectivity index (χ0n) is 24.0. The van der Waals surface area contributed by atoms with E-state index in [9.17, 15) is 8.42 Å². The number of aromatic nitrogens is 4. The molecule has 0 aliphatic heterocycles. The summed E-state index contributed by atoms with van der Waals surface area (Å²) in [4.78, 5) is 7.58. The zero-order chi connectivity index (χ0) is 29.9. The van der Waals surface area contributed by atoms with Crippen LogP contribution in [-0.2, 0) is 23.6 Å². The van der Waals surface area contributed by atoms with Gasteiger partial charge in [0.1, 0.15) is 46.2 Å². The number of ether oxygens (including phenoxy) is 3. The molecular formula is C30H34FN5O5S. The second-order valence-corrected chi connectivity index (χ2v) is 12.1. The third-order valence-corrected chi connectivity index (χ3v) is 9.41. The van der Waals surface area contributed by atoms with Gasteiger partial charge in [0.2, 0.25) is 0 Å². The lowest BCUT2D eigenvalue weighted by molar-refractivity contribution is 0.125. The molecule has 1 aliphatic carbocycles. The Labute approximate surface area is 245 Å². The minimum Gasteiger partial charge on any atom is -0.497 e. The van der Waals surface area contributed by atoms with E-state index in [2.05, 4.69) is 15.1 Å². The maximum atomic E-state index is 15.8. The maximum Gasteiger partial charge on any atom is 0.268 e. The van der Waals surface area contributed by atoms with Crippen molar-refractivity contribution in [3.63, 3.8) is 0 Å². The number of nitrogens with zero attached hydrogens (tertiary/aromatic N) is 5. The van der Waals surface area contributed by atoms with Crippen LogP contribution in [0.25, 0.3) is 0 Å². The number of hydrogen-bond donors (Lipinski definition) is 0. The lowest BCUT2D eigenvalue weighted by atomic mass is 9.84. The molecule has 2 heterocycles. The number of anilines is 1. The Bertz CT molecular complexity index is 1650. The summed E-state index contributed by atoms with van der Waals surface area (Å²) in [5.41, 5.74) is 2.11. The Hall–Kier alpha value is -4.19. The van der Waals surface area contributed by atoms with E-state index in [1.807, 2.05) is 17.8 Å². The maximum absolute atomic E-state index is 15.8. The second kappa shape index (κ2) is 12.4. The summed E-state index contributed by atoms with van der Waals surface area (Å²) in [5.74, 6) is 0.555. The fourth-order valence-corrected chi connectivity index (χ4v) is 6.96. The summed E-state index contributed by atoms with van der Waals surface area (Å²) in [6.07, 6.45) is 8.05. The lowest BCUT2D eigenvalue weighted by Gasteiger charge is -2.32. The fourth-order valence-electron chi connectivity index (χ4n) is 5.42. The van der Waals surface area contributed by atoms with Crippen molar-refractivity contribution in [1.29, 1.82) is 0 Å². The van der Waals surface area contributed by atoms with Crippen molar-refractivity contribution >= 4 is 15.8 Å². The Morgan fingerprint density at radius 2 is 1.83 bits per heavy atom. The van der Waals surface area contributed by atoms with Crippen LogP contribution in [0.5, 0.6) is 17.2 Å². The Kier molecular flexibility index (Phi) is 8.62. The predicted octanol–water partition coefficient (Wildman–Crippen LogP) is 5.18. The summed E-state index contributed by atoms with van der Waals surface area (Å²) in [6.45, 7) is 1.55. The largest absolute Gasteiger partial charge is 0.497 e. The summed E-state index contributed by atoms with van der Waals surface area (Å²) >= 11 is 0. The molecule has 2 aromatic carbocycles. The van der Waals surface area contributed by atoms with Crippen molar-refractivity contribution in [1.82, 2.24) is 19.7 Å². The van der Waals surface area contributed by atoms with Crippen molar-refractivity contribution in [2.75, 3.05) is 18.5 Å². The molecule has 0 spiro atoms. The summed E-state index contributed by atoms with van der Waals surface area (Å²) in [7, 11) is 0.472. The number of benzene rings is 2. The molecule has 42 heavy (non-hydrogen) atoms. The third-order valence-electron chi connectivity index (χ3n) is 7.65. The van der Waals surface area contributed by atoms with E-state index in [0.29, 0.717) is 28.4 Å². The highest BCUT2D eigenvalue weighted by Gasteiger charge is 2.33. The van der Waals surface area contributed by atoms with Crippen LogP contribution in [-0.4, -0.2) is 48.5 Å². The number of halogens is 1. The summed E-state index contributed by atoms with van der Waals surface area (Å²) in [6, 6.07) is 11.0. The monoisotopic (exact) mass is 595 g/mol. The Morgan fingerprint density at radius 3 is 2.52 bits per heavy atom. The number of hydrogen-bond acceptors (Lipinski definition) is 8. The second-order valence-electron chi connectivity index (χ2n) is 10.2. The lowest BCUT2D eigenvalue weighted by Crippen LogP contribution is -2.32. The minimum absolute atomic E-state index is 0.0847. The highest BCUT2D eigenvalue weighted by molar-refractivity contribution is 7.92. The quantitative estimate of drug-likeness (QED) is 0.247. The predicted molar refractivity (Wildman–Crippen MR) is 155 cm³/mol. The fraction of sp³-hybridized carbons (Fsp3) is 0.367. The molecule has 1 aliphatic rings. The van der Waals surface area contributed by atoms with E-state index in [1.165, 1.54) is 44.9 Å². The van der Waals surface area contributed by atoms with E-state index >= 15 is 4.39 Å². The molecule has 2 aromatic heterocycles. The molecule has 1 saturated carbocycles. The normalized spacial score (nSPS) is 17.1. The van der Waals surface area contributed by atoms with E-state index in [0.717, 1.165) is 35.7 Å². The number of rotatable bonds is 10. The van der Waals surface area contributed by atoms with Gasteiger partial charge in [-0.2, -0.15) is 5.10 Å². The molecule has 222 valence electrons. The van der Waals surface area contributed by atoms with E-state index in [-0.39, 0.29) is 24.4 Å². The molecular weight excluding hydrogens is 561 g/mol. The first-order chi connectivity index (χ1) is 20.2. The van der Waals surface area contributed by atoms with Gasteiger partial charge in [0, 0.05) is 54.8 Å². The van der Waals surface area contributed by atoms with Crippen molar-refractivity contribution in [3.8, 4) is 17.2 Å².